The van der Waals surface area contributed by atoms with Crippen LogP contribution in [0.1, 0.15) is 25.3 Å². The monoisotopic (exact) mass is 326 g/mol. The van der Waals surface area contributed by atoms with Crippen molar-refractivity contribution in [1.82, 2.24) is 15.3 Å². The number of nitrogens with zero attached hydrogens (tertiary/aromatic N) is 2. The fraction of sp³-hybridized carbons (Fsp3) is 0.389. The molecule has 2 atom stereocenters. The van der Waals surface area contributed by atoms with Gasteiger partial charge in [-0.15, -0.1) is 0 Å². The van der Waals surface area contributed by atoms with Crippen LogP contribution >= 0.6 is 0 Å². The topological polar surface area (TPSA) is 76.1 Å². The summed E-state index contributed by atoms with van der Waals surface area (Å²) in [6.45, 7) is 4.95. The van der Waals surface area contributed by atoms with Crippen LogP contribution in [0.4, 0.5) is 5.69 Å². The van der Waals surface area contributed by atoms with E-state index in [2.05, 4.69) is 27.5 Å². The van der Waals surface area contributed by atoms with Crippen LogP contribution in [0.2, 0.25) is 0 Å². The molecule has 0 radical (unpaired) electrons. The van der Waals surface area contributed by atoms with Gasteiger partial charge in [-0.25, -0.2) is 9.97 Å². The van der Waals surface area contributed by atoms with Gasteiger partial charge in [-0.05, 0) is 63.1 Å². The lowest BCUT2D eigenvalue weighted by Gasteiger charge is -2.27. The van der Waals surface area contributed by atoms with Crippen molar-refractivity contribution in [3.63, 3.8) is 0 Å². The Morgan fingerprint density at radius 3 is 2.83 bits per heavy atom. The highest BCUT2D eigenvalue weighted by molar-refractivity contribution is 5.93. The summed E-state index contributed by atoms with van der Waals surface area (Å²) in [5.74, 6) is 0.799. The normalized spacial score (nSPS) is 20.4. The molecule has 24 heavy (non-hydrogen) atoms. The second kappa shape index (κ2) is 7.40. The van der Waals surface area contributed by atoms with Crippen LogP contribution in [-0.2, 0) is 4.79 Å². The molecular formula is C18H22N4O2. The molecule has 2 aromatic rings. The second-order valence-electron chi connectivity index (χ2n) is 6.18. The largest absolute Gasteiger partial charge is 0.424 e. The SMILES string of the molecule is Cc1cc(Oc2ncccn2)ccc1NC(=O)[C@H]1CCN[C@@H](C)C1. The number of benzene rings is 1. The van der Waals surface area contributed by atoms with Gasteiger partial charge in [0.2, 0.25) is 5.91 Å². The average molecular weight is 326 g/mol. The van der Waals surface area contributed by atoms with Crippen molar-refractivity contribution in [1.29, 1.82) is 0 Å². The molecule has 1 aromatic carbocycles. The van der Waals surface area contributed by atoms with Crippen molar-refractivity contribution < 1.29 is 9.53 Å². The van der Waals surface area contributed by atoms with Crippen molar-refractivity contribution in [2.24, 2.45) is 5.92 Å². The number of carbonyl (C=O) groups excluding carboxylic acids is 1. The number of amides is 1. The number of nitrogens with one attached hydrogen (secondary N) is 2. The standard InChI is InChI=1S/C18H22N4O2/c1-12-10-15(24-18-20-7-3-8-21-18)4-5-16(12)22-17(23)14-6-9-19-13(2)11-14/h3-5,7-8,10,13-14,19H,6,9,11H2,1-2H3,(H,22,23)/t13-,14-/m0/s1. The minimum absolute atomic E-state index is 0.0642. The van der Waals surface area contributed by atoms with Crippen molar-refractivity contribution in [2.45, 2.75) is 32.7 Å². The minimum atomic E-state index is 0.0642. The first kappa shape index (κ1) is 16.4. The van der Waals surface area contributed by atoms with Crippen LogP contribution in [0.3, 0.4) is 0 Å². The smallest absolute Gasteiger partial charge is 0.321 e. The Labute approximate surface area is 141 Å². The second-order valence-corrected chi connectivity index (χ2v) is 6.18. The Kier molecular flexibility index (Phi) is 5.05. The van der Waals surface area contributed by atoms with Gasteiger partial charge in [0.25, 0.3) is 0 Å². The number of hydrogen-bond donors (Lipinski definition) is 2. The first-order valence-electron chi connectivity index (χ1n) is 8.21. The zero-order valence-corrected chi connectivity index (χ0v) is 14.0. The summed E-state index contributed by atoms with van der Waals surface area (Å²) in [6, 6.07) is 7.96. The fourth-order valence-corrected chi connectivity index (χ4v) is 2.89. The number of anilines is 1. The molecular weight excluding hydrogens is 304 g/mol. The Morgan fingerprint density at radius 2 is 2.12 bits per heavy atom. The molecule has 3 rings (SSSR count). The van der Waals surface area contributed by atoms with Gasteiger partial charge in [0.05, 0.1) is 0 Å². The maximum Gasteiger partial charge on any atom is 0.321 e. The van der Waals surface area contributed by atoms with Crippen LogP contribution < -0.4 is 15.4 Å². The average Bonchev–Trinajstić information content (AvgIpc) is 2.58. The van der Waals surface area contributed by atoms with E-state index in [4.69, 9.17) is 4.74 Å². The lowest BCUT2D eigenvalue weighted by atomic mass is 9.92. The summed E-state index contributed by atoms with van der Waals surface area (Å²) >= 11 is 0. The number of hydrogen-bond acceptors (Lipinski definition) is 5. The quantitative estimate of drug-likeness (QED) is 0.903. The summed E-state index contributed by atoms with van der Waals surface area (Å²) in [5, 5.41) is 6.40. The van der Waals surface area contributed by atoms with E-state index in [1.165, 1.54) is 0 Å². The molecule has 0 saturated carbocycles. The van der Waals surface area contributed by atoms with Crippen molar-refractivity contribution in [2.75, 3.05) is 11.9 Å². The summed E-state index contributed by atoms with van der Waals surface area (Å²) < 4.78 is 5.61. The molecule has 0 spiro atoms. The molecule has 0 aliphatic carbocycles. The van der Waals surface area contributed by atoms with E-state index >= 15 is 0 Å². The summed E-state index contributed by atoms with van der Waals surface area (Å²) in [7, 11) is 0. The number of piperidine rings is 1. The molecule has 1 aromatic heterocycles. The maximum atomic E-state index is 12.5. The molecule has 1 saturated heterocycles. The van der Waals surface area contributed by atoms with Gasteiger partial charge in [0, 0.05) is 30.0 Å². The highest BCUT2D eigenvalue weighted by Gasteiger charge is 2.24. The highest BCUT2D eigenvalue weighted by atomic mass is 16.5. The number of rotatable bonds is 4. The number of carbonyl (C=O) groups is 1. The molecule has 1 amide bonds. The zero-order valence-electron chi connectivity index (χ0n) is 14.0. The van der Waals surface area contributed by atoms with E-state index in [1.807, 2.05) is 25.1 Å². The van der Waals surface area contributed by atoms with Gasteiger partial charge >= 0.3 is 6.01 Å². The predicted molar refractivity (Wildman–Crippen MR) is 92.1 cm³/mol. The summed E-state index contributed by atoms with van der Waals surface area (Å²) in [4.78, 5) is 20.5. The molecule has 6 nitrogen and oxygen atoms in total. The molecule has 1 fully saturated rings. The molecule has 2 N–H and O–H groups in total. The third-order valence-electron chi connectivity index (χ3n) is 4.20. The lowest BCUT2D eigenvalue weighted by Crippen LogP contribution is -2.40. The van der Waals surface area contributed by atoms with Crippen molar-refractivity contribution >= 4 is 11.6 Å². The van der Waals surface area contributed by atoms with E-state index in [0.29, 0.717) is 17.8 Å². The van der Waals surface area contributed by atoms with Gasteiger partial charge in [-0.1, -0.05) is 0 Å². The van der Waals surface area contributed by atoms with Crippen LogP contribution in [0.5, 0.6) is 11.8 Å². The third kappa shape index (κ3) is 4.08. The van der Waals surface area contributed by atoms with Gasteiger partial charge < -0.3 is 15.4 Å². The number of ether oxygens (including phenoxy) is 1. The zero-order chi connectivity index (χ0) is 16.9. The van der Waals surface area contributed by atoms with E-state index in [-0.39, 0.29) is 11.8 Å². The minimum Gasteiger partial charge on any atom is -0.424 e. The Hall–Kier alpha value is -2.47. The van der Waals surface area contributed by atoms with Crippen molar-refractivity contribution in [3.05, 3.63) is 42.2 Å². The molecule has 1 aliphatic rings. The highest BCUT2D eigenvalue weighted by Crippen LogP contribution is 2.25. The van der Waals surface area contributed by atoms with Crippen LogP contribution in [0, 0.1) is 12.8 Å². The van der Waals surface area contributed by atoms with E-state index in [1.54, 1.807) is 18.5 Å². The number of aryl methyl sites for hydroxylation is 1. The molecule has 0 bridgehead atoms. The van der Waals surface area contributed by atoms with Gasteiger partial charge in [0.15, 0.2) is 0 Å². The molecule has 6 heteroatoms. The molecule has 0 unspecified atom stereocenters. The Bertz CT molecular complexity index is 705. The third-order valence-corrected chi connectivity index (χ3v) is 4.20. The Balaban J connectivity index is 1.65. The fourth-order valence-electron chi connectivity index (χ4n) is 2.89. The van der Waals surface area contributed by atoms with Crippen LogP contribution in [0.25, 0.3) is 0 Å². The summed E-state index contributed by atoms with van der Waals surface area (Å²) in [5.41, 5.74) is 1.76. The maximum absolute atomic E-state index is 12.5. The van der Waals surface area contributed by atoms with E-state index < -0.39 is 0 Å². The van der Waals surface area contributed by atoms with Crippen LogP contribution in [-0.4, -0.2) is 28.5 Å². The molecule has 126 valence electrons. The predicted octanol–water partition coefficient (Wildman–Crippen LogP) is 2.90. The lowest BCUT2D eigenvalue weighted by molar-refractivity contribution is -0.120. The van der Waals surface area contributed by atoms with Crippen LogP contribution in [0.15, 0.2) is 36.7 Å². The Morgan fingerprint density at radius 1 is 1.33 bits per heavy atom. The summed E-state index contributed by atoms with van der Waals surface area (Å²) in [6.07, 6.45) is 5.01. The number of aromatic nitrogens is 2. The molecule has 2 heterocycles. The van der Waals surface area contributed by atoms with E-state index in [0.717, 1.165) is 30.6 Å². The first-order chi connectivity index (χ1) is 11.6. The van der Waals surface area contributed by atoms with Gasteiger partial charge in [-0.3, -0.25) is 4.79 Å². The van der Waals surface area contributed by atoms with Gasteiger partial charge in [0.1, 0.15) is 5.75 Å². The van der Waals surface area contributed by atoms with Crippen molar-refractivity contribution in [3.8, 4) is 11.8 Å². The molecule has 1 aliphatic heterocycles. The van der Waals surface area contributed by atoms with Gasteiger partial charge in [-0.2, -0.15) is 0 Å². The first-order valence-corrected chi connectivity index (χ1v) is 8.21. The van der Waals surface area contributed by atoms with E-state index in [9.17, 15) is 4.79 Å².